The van der Waals surface area contributed by atoms with Crippen molar-refractivity contribution >= 4 is 5.91 Å². The molecule has 0 saturated heterocycles. The second kappa shape index (κ2) is 7.52. The normalized spacial score (nSPS) is 12.0. The van der Waals surface area contributed by atoms with E-state index >= 15 is 0 Å². The topological polar surface area (TPSA) is 46.9 Å². The molecule has 1 aromatic heterocycles. The molecule has 2 aromatic carbocycles. The van der Waals surface area contributed by atoms with Crippen molar-refractivity contribution in [1.82, 2.24) is 15.1 Å². The van der Waals surface area contributed by atoms with Crippen LogP contribution in [0.5, 0.6) is 0 Å². The lowest BCUT2D eigenvalue weighted by Gasteiger charge is -2.13. The molecule has 1 N–H and O–H groups in total. The van der Waals surface area contributed by atoms with Crippen molar-refractivity contribution in [2.75, 3.05) is 6.54 Å². The minimum Gasteiger partial charge on any atom is -0.351 e. The summed E-state index contributed by atoms with van der Waals surface area (Å²) in [6.45, 7) is 6.28. The van der Waals surface area contributed by atoms with Gasteiger partial charge in [-0.25, -0.2) is 9.07 Å². The van der Waals surface area contributed by atoms with Gasteiger partial charge in [-0.2, -0.15) is 5.10 Å². The van der Waals surface area contributed by atoms with Gasteiger partial charge in [0.2, 0.25) is 0 Å². The Morgan fingerprint density at radius 2 is 1.77 bits per heavy atom. The molecule has 0 aliphatic rings. The molecule has 1 atom stereocenters. The SMILES string of the molecule is Cc1nn(-c2ccc(F)cc2)c(C)c1C(=O)NCC(C)c1ccccc1. The van der Waals surface area contributed by atoms with Crippen molar-refractivity contribution in [2.45, 2.75) is 26.7 Å². The van der Waals surface area contributed by atoms with Gasteiger partial charge in [-0.05, 0) is 49.6 Å². The zero-order valence-corrected chi connectivity index (χ0v) is 15.2. The van der Waals surface area contributed by atoms with Gasteiger partial charge in [0.1, 0.15) is 5.82 Å². The van der Waals surface area contributed by atoms with Crippen LogP contribution in [-0.2, 0) is 0 Å². The van der Waals surface area contributed by atoms with Gasteiger partial charge >= 0.3 is 0 Å². The number of hydrogen-bond acceptors (Lipinski definition) is 2. The number of halogens is 1. The van der Waals surface area contributed by atoms with Crippen LogP contribution in [0, 0.1) is 19.7 Å². The number of carbonyl (C=O) groups is 1. The van der Waals surface area contributed by atoms with Crippen molar-refractivity contribution in [1.29, 1.82) is 0 Å². The second-order valence-corrected chi connectivity index (χ2v) is 6.46. The van der Waals surface area contributed by atoms with Crippen LogP contribution in [0.15, 0.2) is 54.6 Å². The van der Waals surface area contributed by atoms with E-state index in [-0.39, 0.29) is 17.6 Å². The van der Waals surface area contributed by atoms with Gasteiger partial charge in [0.15, 0.2) is 0 Å². The number of nitrogens with one attached hydrogen (secondary N) is 1. The Kier molecular flexibility index (Phi) is 5.16. The van der Waals surface area contributed by atoms with E-state index in [1.54, 1.807) is 16.8 Å². The maximum atomic E-state index is 13.1. The predicted molar refractivity (Wildman–Crippen MR) is 100 cm³/mol. The Morgan fingerprint density at radius 1 is 1.12 bits per heavy atom. The fraction of sp³-hybridized carbons (Fsp3) is 0.238. The highest BCUT2D eigenvalue weighted by atomic mass is 19.1. The van der Waals surface area contributed by atoms with Crippen molar-refractivity contribution in [3.05, 3.63) is 82.9 Å². The number of hydrogen-bond donors (Lipinski definition) is 1. The Hall–Kier alpha value is -2.95. The maximum Gasteiger partial charge on any atom is 0.255 e. The van der Waals surface area contributed by atoms with Crippen molar-refractivity contribution in [2.24, 2.45) is 0 Å². The summed E-state index contributed by atoms with van der Waals surface area (Å²) in [7, 11) is 0. The number of aromatic nitrogens is 2. The number of carbonyl (C=O) groups excluding carboxylic acids is 1. The molecule has 0 aliphatic carbocycles. The van der Waals surface area contributed by atoms with Crippen molar-refractivity contribution < 1.29 is 9.18 Å². The lowest BCUT2D eigenvalue weighted by Crippen LogP contribution is -2.28. The van der Waals surface area contributed by atoms with Gasteiger partial charge in [-0.1, -0.05) is 37.3 Å². The summed E-state index contributed by atoms with van der Waals surface area (Å²) in [6.07, 6.45) is 0. The monoisotopic (exact) mass is 351 g/mol. The molecule has 1 amide bonds. The summed E-state index contributed by atoms with van der Waals surface area (Å²) in [5.74, 6) is -0.229. The molecular weight excluding hydrogens is 329 g/mol. The molecular formula is C21H22FN3O. The highest BCUT2D eigenvalue weighted by molar-refractivity contribution is 5.96. The van der Waals surface area contributed by atoms with Crippen molar-refractivity contribution in [3.8, 4) is 5.69 Å². The van der Waals surface area contributed by atoms with Crippen LogP contribution in [0.25, 0.3) is 5.69 Å². The molecule has 0 saturated carbocycles. The Morgan fingerprint density at radius 3 is 2.42 bits per heavy atom. The molecule has 0 aliphatic heterocycles. The van der Waals surface area contributed by atoms with Crippen LogP contribution in [0.4, 0.5) is 4.39 Å². The molecule has 5 heteroatoms. The molecule has 1 heterocycles. The third-order valence-electron chi connectivity index (χ3n) is 4.53. The van der Waals surface area contributed by atoms with Crippen LogP contribution in [0.3, 0.4) is 0 Å². The largest absolute Gasteiger partial charge is 0.351 e. The van der Waals surface area contributed by atoms with Crippen LogP contribution >= 0.6 is 0 Å². The molecule has 4 nitrogen and oxygen atoms in total. The van der Waals surface area contributed by atoms with E-state index in [9.17, 15) is 9.18 Å². The van der Waals surface area contributed by atoms with E-state index in [2.05, 4.69) is 29.5 Å². The standard InChI is InChI=1S/C21H22FN3O/c1-14(17-7-5-4-6-8-17)13-23-21(26)20-15(2)24-25(16(20)3)19-11-9-18(22)10-12-19/h4-12,14H,13H2,1-3H3,(H,23,26). The van der Waals surface area contributed by atoms with Gasteiger partial charge in [0.25, 0.3) is 5.91 Å². The summed E-state index contributed by atoms with van der Waals surface area (Å²) in [4.78, 5) is 12.7. The number of nitrogens with zero attached hydrogens (tertiary/aromatic N) is 2. The molecule has 1 unspecified atom stereocenters. The summed E-state index contributed by atoms with van der Waals surface area (Å²) in [5.41, 5.74) is 3.86. The average Bonchev–Trinajstić information content (AvgIpc) is 2.95. The number of aryl methyl sites for hydroxylation is 1. The second-order valence-electron chi connectivity index (χ2n) is 6.46. The maximum absolute atomic E-state index is 13.1. The smallest absolute Gasteiger partial charge is 0.255 e. The Labute approximate surface area is 152 Å². The molecule has 0 spiro atoms. The number of amides is 1. The van der Waals surface area contributed by atoms with Crippen molar-refractivity contribution in [3.63, 3.8) is 0 Å². The van der Waals surface area contributed by atoms with Crippen LogP contribution < -0.4 is 5.32 Å². The van der Waals surface area contributed by atoms with Crippen LogP contribution in [0.2, 0.25) is 0 Å². The number of rotatable bonds is 5. The Balaban J connectivity index is 1.76. The van der Waals surface area contributed by atoms with Gasteiger partial charge in [-0.3, -0.25) is 4.79 Å². The summed E-state index contributed by atoms with van der Waals surface area (Å²) >= 11 is 0. The van der Waals surface area contributed by atoms with Gasteiger partial charge in [0.05, 0.1) is 22.6 Å². The highest BCUT2D eigenvalue weighted by Gasteiger charge is 2.20. The third kappa shape index (κ3) is 3.67. The van der Waals surface area contributed by atoms with Gasteiger partial charge in [0, 0.05) is 6.54 Å². The fourth-order valence-electron chi connectivity index (χ4n) is 3.04. The van der Waals surface area contributed by atoms with Crippen LogP contribution in [-0.4, -0.2) is 22.2 Å². The van der Waals surface area contributed by atoms with Crippen LogP contribution in [0.1, 0.15) is 40.2 Å². The van der Waals surface area contributed by atoms with E-state index in [0.29, 0.717) is 17.8 Å². The third-order valence-corrected chi connectivity index (χ3v) is 4.53. The first-order valence-corrected chi connectivity index (χ1v) is 8.62. The summed E-state index contributed by atoms with van der Waals surface area (Å²) < 4.78 is 14.8. The van der Waals surface area contributed by atoms with E-state index in [0.717, 1.165) is 11.4 Å². The van der Waals surface area contributed by atoms with E-state index < -0.39 is 0 Å². The molecule has 0 fully saturated rings. The Bertz CT molecular complexity index is 901. The van der Waals surface area contributed by atoms with Gasteiger partial charge in [-0.15, -0.1) is 0 Å². The van der Waals surface area contributed by atoms with Gasteiger partial charge < -0.3 is 5.32 Å². The predicted octanol–water partition coefficient (Wildman–Crippen LogP) is 4.16. The molecule has 0 bridgehead atoms. The van der Waals surface area contributed by atoms with E-state index in [1.807, 2.05) is 32.0 Å². The zero-order valence-electron chi connectivity index (χ0n) is 15.2. The molecule has 3 rings (SSSR count). The van der Waals surface area contributed by atoms with E-state index in [4.69, 9.17) is 0 Å². The molecule has 26 heavy (non-hydrogen) atoms. The average molecular weight is 351 g/mol. The highest BCUT2D eigenvalue weighted by Crippen LogP contribution is 2.19. The first-order valence-electron chi connectivity index (χ1n) is 8.62. The fourth-order valence-corrected chi connectivity index (χ4v) is 3.04. The summed E-state index contributed by atoms with van der Waals surface area (Å²) in [6, 6.07) is 16.1. The quantitative estimate of drug-likeness (QED) is 0.750. The molecule has 3 aromatic rings. The first-order chi connectivity index (χ1) is 12.5. The minimum atomic E-state index is -0.303. The minimum absolute atomic E-state index is 0.142. The first kappa shape index (κ1) is 17.9. The van der Waals surface area contributed by atoms with E-state index in [1.165, 1.54) is 17.7 Å². The lowest BCUT2D eigenvalue weighted by molar-refractivity contribution is 0.0950. The lowest BCUT2D eigenvalue weighted by atomic mass is 10.0. The zero-order chi connectivity index (χ0) is 18.7. The number of benzene rings is 2. The molecule has 0 radical (unpaired) electrons. The molecule has 134 valence electrons. The summed E-state index contributed by atoms with van der Waals surface area (Å²) in [5, 5.41) is 7.45.